The van der Waals surface area contributed by atoms with Crippen LogP contribution in [0.5, 0.6) is 0 Å². The van der Waals surface area contributed by atoms with Crippen LogP contribution in [-0.2, 0) is 11.3 Å². The summed E-state index contributed by atoms with van der Waals surface area (Å²) in [5.74, 6) is -0.428. The van der Waals surface area contributed by atoms with E-state index in [2.05, 4.69) is 34.1 Å². The lowest BCUT2D eigenvalue weighted by Gasteiger charge is -2.21. The fourth-order valence-electron chi connectivity index (χ4n) is 3.23. The van der Waals surface area contributed by atoms with Crippen molar-refractivity contribution in [2.75, 3.05) is 33.2 Å². The first kappa shape index (κ1) is 20.7. The van der Waals surface area contributed by atoms with Crippen LogP contribution in [0, 0.1) is 13.8 Å². The summed E-state index contributed by atoms with van der Waals surface area (Å²) in [4.78, 5) is 31.2. The zero-order chi connectivity index (χ0) is 20.3. The molecule has 0 aliphatic heterocycles. The van der Waals surface area contributed by atoms with Crippen LogP contribution in [0.2, 0.25) is 0 Å². The molecule has 0 saturated carbocycles. The van der Waals surface area contributed by atoms with Crippen molar-refractivity contribution >= 4 is 17.4 Å². The highest BCUT2D eigenvalue weighted by molar-refractivity contribution is 6.03. The summed E-state index contributed by atoms with van der Waals surface area (Å²) in [5.41, 5.74) is 4.57. The van der Waals surface area contributed by atoms with Gasteiger partial charge in [-0.2, -0.15) is 0 Å². The summed E-state index contributed by atoms with van der Waals surface area (Å²) in [7, 11) is 7.37. The van der Waals surface area contributed by atoms with Gasteiger partial charge in [0.1, 0.15) is 6.54 Å². The maximum Gasteiger partial charge on any atom is 0.339 e. The maximum atomic E-state index is 13.0. The van der Waals surface area contributed by atoms with E-state index in [1.165, 1.54) is 12.7 Å². The number of aromatic amines is 1. The number of hydrogen-bond donors (Lipinski definition) is 2. The lowest BCUT2D eigenvalue weighted by atomic mass is 10.0. The molecule has 1 aromatic heterocycles. The lowest BCUT2D eigenvalue weighted by molar-refractivity contribution is -0.907. The number of rotatable bonds is 7. The second kappa shape index (κ2) is 8.39. The predicted molar refractivity (Wildman–Crippen MR) is 107 cm³/mol. The molecule has 146 valence electrons. The molecule has 1 unspecified atom stereocenters. The van der Waals surface area contributed by atoms with Crippen LogP contribution in [0.1, 0.15) is 44.6 Å². The molecule has 0 spiro atoms. The van der Waals surface area contributed by atoms with Crippen LogP contribution in [0.4, 0.5) is 5.69 Å². The first-order valence-corrected chi connectivity index (χ1v) is 9.07. The molecule has 0 amide bonds. The fourth-order valence-corrected chi connectivity index (χ4v) is 3.23. The number of ketones is 1. The standard InChI is InChI=1S/C21H29N3O3/c1-13-18(21(26)27-7)14(2)22-19(13)20(25)15(3)24(6)12-16-8-10-17(11-9-16)23(4)5/h8-11,15,22H,12H2,1-7H3/p+1/t15-/m0/s1. The van der Waals surface area contributed by atoms with Crippen molar-refractivity contribution in [2.45, 2.75) is 33.4 Å². The molecular weight excluding hydrogens is 342 g/mol. The zero-order valence-corrected chi connectivity index (χ0v) is 17.3. The highest BCUT2D eigenvalue weighted by Crippen LogP contribution is 2.20. The first-order valence-electron chi connectivity index (χ1n) is 9.07. The van der Waals surface area contributed by atoms with E-state index in [4.69, 9.17) is 4.74 Å². The lowest BCUT2D eigenvalue weighted by Crippen LogP contribution is -3.12. The van der Waals surface area contributed by atoms with Crippen molar-refractivity contribution in [3.8, 4) is 0 Å². The molecular formula is C21H30N3O3+. The van der Waals surface area contributed by atoms with Gasteiger partial charge in [-0.05, 0) is 38.5 Å². The third-order valence-electron chi connectivity index (χ3n) is 5.14. The van der Waals surface area contributed by atoms with Gasteiger partial charge in [-0.15, -0.1) is 0 Å². The Kier molecular flexibility index (Phi) is 6.44. The Morgan fingerprint density at radius 3 is 2.30 bits per heavy atom. The number of aryl methyl sites for hydroxylation is 1. The minimum Gasteiger partial charge on any atom is -0.465 e. The van der Waals surface area contributed by atoms with Crippen LogP contribution < -0.4 is 9.80 Å². The molecule has 0 fully saturated rings. The van der Waals surface area contributed by atoms with Gasteiger partial charge in [-0.25, -0.2) is 4.79 Å². The number of quaternary nitrogens is 1. The number of methoxy groups -OCH3 is 1. The summed E-state index contributed by atoms with van der Waals surface area (Å²) in [5, 5.41) is 0. The number of carbonyl (C=O) groups excluding carboxylic acids is 2. The van der Waals surface area contributed by atoms with Crippen LogP contribution in [0.15, 0.2) is 24.3 Å². The highest BCUT2D eigenvalue weighted by Gasteiger charge is 2.29. The minimum atomic E-state index is -0.422. The normalized spacial score (nSPS) is 13.1. The molecule has 2 aromatic rings. The van der Waals surface area contributed by atoms with Crippen LogP contribution in [-0.4, -0.2) is 51.0 Å². The second-order valence-electron chi connectivity index (χ2n) is 7.29. The summed E-state index contributed by atoms with van der Waals surface area (Å²) < 4.78 is 4.83. The number of Topliss-reactive ketones (excluding diaryl/α,β-unsaturated/α-hetero) is 1. The van der Waals surface area contributed by atoms with Gasteiger partial charge in [0.25, 0.3) is 0 Å². The largest absolute Gasteiger partial charge is 0.465 e. The zero-order valence-electron chi connectivity index (χ0n) is 17.3. The molecule has 6 nitrogen and oxygen atoms in total. The van der Waals surface area contributed by atoms with E-state index < -0.39 is 5.97 Å². The number of likely N-dealkylation sites (N-methyl/N-ethyl adjacent to an activating group) is 1. The highest BCUT2D eigenvalue weighted by atomic mass is 16.5. The van der Waals surface area contributed by atoms with E-state index in [1.807, 2.05) is 28.1 Å². The third-order valence-corrected chi connectivity index (χ3v) is 5.14. The minimum absolute atomic E-state index is 0.00633. The average molecular weight is 372 g/mol. The molecule has 6 heteroatoms. The van der Waals surface area contributed by atoms with Crippen molar-refractivity contribution in [3.63, 3.8) is 0 Å². The number of benzene rings is 1. The molecule has 1 aromatic carbocycles. The predicted octanol–water partition coefficient (Wildman–Crippen LogP) is 1.77. The molecule has 1 heterocycles. The second-order valence-corrected chi connectivity index (χ2v) is 7.29. The van der Waals surface area contributed by atoms with Gasteiger partial charge in [-0.3, -0.25) is 4.79 Å². The number of H-pyrrole nitrogens is 1. The van der Waals surface area contributed by atoms with Crippen molar-refractivity contribution in [1.82, 2.24) is 4.98 Å². The van der Waals surface area contributed by atoms with E-state index in [9.17, 15) is 9.59 Å². The number of ether oxygens (including phenoxy) is 1. The Morgan fingerprint density at radius 1 is 1.19 bits per heavy atom. The summed E-state index contributed by atoms with van der Waals surface area (Å²) >= 11 is 0. The van der Waals surface area contributed by atoms with E-state index in [0.29, 0.717) is 22.5 Å². The molecule has 2 rings (SSSR count). The summed E-state index contributed by atoms with van der Waals surface area (Å²) in [6.07, 6.45) is 0. The monoisotopic (exact) mass is 372 g/mol. The van der Waals surface area contributed by atoms with E-state index in [-0.39, 0.29) is 11.8 Å². The van der Waals surface area contributed by atoms with E-state index in [1.54, 1.807) is 13.8 Å². The molecule has 0 aliphatic carbocycles. The fraction of sp³-hybridized carbons (Fsp3) is 0.429. The van der Waals surface area contributed by atoms with Gasteiger partial charge in [-0.1, -0.05) is 12.1 Å². The molecule has 0 bridgehead atoms. The van der Waals surface area contributed by atoms with E-state index in [0.717, 1.165) is 17.1 Å². The SMILES string of the molecule is COC(=O)c1c(C)[nH]c(C(=O)[C@H](C)[NH+](C)Cc2ccc(N(C)C)cc2)c1C. The Bertz CT molecular complexity index is 822. The number of hydrogen-bond acceptors (Lipinski definition) is 4. The van der Waals surface area contributed by atoms with Crippen molar-refractivity contribution in [1.29, 1.82) is 0 Å². The maximum absolute atomic E-state index is 13.0. The number of esters is 1. The Hall–Kier alpha value is -2.60. The van der Waals surface area contributed by atoms with Gasteiger partial charge in [0.15, 0.2) is 6.04 Å². The average Bonchev–Trinajstić information content (AvgIpc) is 2.94. The van der Waals surface area contributed by atoms with Gasteiger partial charge < -0.3 is 19.5 Å². The van der Waals surface area contributed by atoms with Crippen molar-refractivity contribution < 1.29 is 19.2 Å². The molecule has 0 saturated heterocycles. The number of carbonyl (C=O) groups is 2. The Morgan fingerprint density at radius 2 is 1.78 bits per heavy atom. The van der Waals surface area contributed by atoms with Gasteiger partial charge in [0.05, 0.1) is 25.4 Å². The third kappa shape index (κ3) is 4.39. The smallest absolute Gasteiger partial charge is 0.339 e. The Labute approximate surface area is 161 Å². The number of nitrogens with one attached hydrogen (secondary N) is 2. The van der Waals surface area contributed by atoms with Gasteiger partial charge >= 0.3 is 5.97 Å². The quantitative estimate of drug-likeness (QED) is 0.574. The van der Waals surface area contributed by atoms with Crippen LogP contribution in [0.25, 0.3) is 0 Å². The first-order chi connectivity index (χ1) is 12.7. The molecule has 2 atom stereocenters. The molecule has 27 heavy (non-hydrogen) atoms. The number of nitrogens with zero attached hydrogens (tertiary/aromatic N) is 1. The number of aromatic nitrogens is 1. The summed E-state index contributed by atoms with van der Waals surface area (Å²) in [6.45, 7) is 6.22. The molecule has 0 aliphatic rings. The topological polar surface area (TPSA) is 66.8 Å². The number of anilines is 1. The van der Waals surface area contributed by atoms with Crippen LogP contribution >= 0.6 is 0 Å². The molecule has 2 N–H and O–H groups in total. The van der Waals surface area contributed by atoms with Gasteiger partial charge in [0, 0.05) is 31.0 Å². The van der Waals surface area contributed by atoms with Crippen molar-refractivity contribution in [3.05, 3.63) is 52.3 Å². The van der Waals surface area contributed by atoms with Crippen molar-refractivity contribution in [2.24, 2.45) is 0 Å². The van der Waals surface area contributed by atoms with Gasteiger partial charge in [0.2, 0.25) is 5.78 Å². The summed E-state index contributed by atoms with van der Waals surface area (Å²) in [6, 6.07) is 8.10. The Balaban J connectivity index is 2.15. The van der Waals surface area contributed by atoms with E-state index >= 15 is 0 Å². The molecule has 0 radical (unpaired) electrons. The van der Waals surface area contributed by atoms with Crippen LogP contribution in [0.3, 0.4) is 0 Å².